The molecule has 6 atom stereocenters. The Kier molecular flexibility index (Phi) is 4.63. The maximum absolute atomic E-state index is 13.9. The first-order chi connectivity index (χ1) is 16.5. The van der Waals surface area contributed by atoms with Crippen LogP contribution in [-0.4, -0.2) is 70.1 Å². The Balaban J connectivity index is 1.77. The summed E-state index contributed by atoms with van der Waals surface area (Å²) in [6.45, 7) is 8.21. The summed E-state index contributed by atoms with van der Waals surface area (Å²) in [5.41, 5.74) is -2.83. The van der Waals surface area contributed by atoms with Gasteiger partial charge in [-0.05, 0) is 33.8 Å². The highest BCUT2D eigenvalue weighted by Gasteiger charge is 2.82. The Morgan fingerprint density at radius 3 is 2.69 bits per heavy atom. The minimum Gasteiger partial charge on any atom is -0.465 e. The Morgan fingerprint density at radius 1 is 1.23 bits per heavy atom. The molecule has 3 aliphatic heterocycles. The molecular weight excluding hydrogens is 452 g/mol. The number of carbonyl (C=O) groups is 2. The number of aliphatic hydroxyl groups is 2. The molecule has 3 N–H and O–H groups in total. The van der Waals surface area contributed by atoms with Crippen molar-refractivity contribution in [3.8, 4) is 0 Å². The van der Waals surface area contributed by atoms with Crippen molar-refractivity contribution >= 4 is 23.0 Å². The second-order valence-electron chi connectivity index (χ2n) is 11.3. The standard InChI is InChI=1S/C26H32N2O7/c1-5-33-21(29)24-14-34-26(32)16-10-12-27(13-11-25(24,26)31)19(16)18-15-8-6-7-9-17(15)28(20(18)24)22(30)35-23(2,3)4/h6-9,16,19,31-32H,5,10-14H2,1-4H3/p+1. The van der Waals surface area contributed by atoms with Crippen LogP contribution in [0.3, 0.4) is 0 Å². The van der Waals surface area contributed by atoms with Gasteiger partial charge in [0.15, 0.2) is 5.41 Å². The summed E-state index contributed by atoms with van der Waals surface area (Å²) in [5, 5.41) is 25.3. The highest BCUT2D eigenvalue weighted by atomic mass is 16.7. The predicted molar refractivity (Wildman–Crippen MR) is 124 cm³/mol. The smallest absolute Gasteiger partial charge is 0.419 e. The van der Waals surface area contributed by atoms with E-state index in [1.807, 2.05) is 24.3 Å². The average Bonchev–Trinajstić information content (AvgIpc) is 3.37. The molecule has 4 aliphatic rings. The van der Waals surface area contributed by atoms with Gasteiger partial charge in [0.2, 0.25) is 5.79 Å². The van der Waals surface area contributed by atoms with Crippen LogP contribution in [-0.2, 0) is 24.4 Å². The van der Waals surface area contributed by atoms with Crippen LogP contribution in [0.25, 0.3) is 10.9 Å². The Bertz CT molecular complexity index is 1250. The zero-order valence-corrected chi connectivity index (χ0v) is 20.6. The van der Waals surface area contributed by atoms with Gasteiger partial charge in [0.05, 0.1) is 43.4 Å². The SMILES string of the molecule is CCOC(=O)C12COC3(O)C4CC[NH+](CCC13O)C4c1c2n(C(=O)OC(C)(C)C)c2ccccc12. The number of hydrogen-bond acceptors (Lipinski definition) is 7. The zero-order valence-electron chi connectivity index (χ0n) is 20.6. The van der Waals surface area contributed by atoms with Gasteiger partial charge in [-0.25, -0.2) is 9.36 Å². The van der Waals surface area contributed by atoms with E-state index < -0.39 is 40.4 Å². The van der Waals surface area contributed by atoms with E-state index in [9.17, 15) is 19.8 Å². The summed E-state index contributed by atoms with van der Waals surface area (Å²) in [4.78, 5) is 28.9. The summed E-state index contributed by atoms with van der Waals surface area (Å²) >= 11 is 0. The predicted octanol–water partition coefficient (Wildman–Crippen LogP) is 1.04. The fraction of sp³-hybridized carbons (Fsp3) is 0.615. The molecule has 3 saturated heterocycles. The molecule has 1 aromatic heterocycles. The van der Waals surface area contributed by atoms with Crippen molar-refractivity contribution in [2.75, 3.05) is 26.3 Å². The summed E-state index contributed by atoms with van der Waals surface area (Å²) in [6.07, 6.45) is 0.123. The Morgan fingerprint density at radius 2 is 1.97 bits per heavy atom. The first kappa shape index (κ1) is 23.0. The third-order valence-corrected chi connectivity index (χ3v) is 8.57. The van der Waals surface area contributed by atoms with Crippen LogP contribution in [0.4, 0.5) is 4.79 Å². The number of nitrogens with one attached hydrogen (secondary N) is 1. The number of nitrogens with zero attached hydrogens (tertiary/aromatic N) is 1. The topological polar surface area (TPSA) is 112 Å². The number of esters is 1. The maximum atomic E-state index is 13.9. The number of benzene rings is 1. The van der Waals surface area contributed by atoms with Crippen molar-refractivity contribution in [2.45, 2.75) is 69.0 Å². The lowest BCUT2D eigenvalue weighted by Crippen LogP contribution is -3.10. The van der Waals surface area contributed by atoms with Crippen molar-refractivity contribution in [1.29, 1.82) is 0 Å². The molecule has 188 valence electrons. The van der Waals surface area contributed by atoms with E-state index in [-0.39, 0.29) is 25.7 Å². The van der Waals surface area contributed by atoms with Crippen LogP contribution < -0.4 is 4.90 Å². The van der Waals surface area contributed by atoms with E-state index in [4.69, 9.17) is 14.2 Å². The molecule has 0 radical (unpaired) electrons. The maximum Gasteiger partial charge on any atom is 0.419 e. The van der Waals surface area contributed by atoms with Gasteiger partial charge in [0.25, 0.3) is 0 Å². The van der Waals surface area contributed by atoms with Gasteiger partial charge >= 0.3 is 12.1 Å². The van der Waals surface area contributed by atoms with Gasteiger partial charge < -0.3 is 29.3 Å². The van der Waals surface area contributed by atoms with Crippen LogP contribution in [0.1, 0.15) is 57.8 Å². The number of para-hydroxylation sites is 1. The highest BCUT2D eigenvalue weighted by molar-refractivity contribution is 5.99. The molecule has 6 unspecified atom stereocenters. The quantitative estimate of drug-likeness (QED) is 0.545. The van der Waals surface area contributed by atoms with Crippen LogP contribution in [0, 0.1) is 5.92 Å². The van der Waals surface area contributed by atoms with Gasteiger partial charge in [0, 0.05) is 23.8 Å². The molecule has 0 spiro atoms. The number of aromatic nitrogens is 1. The second-order valence-corrected chi connectivity index (χ2v) is 11.3. The van der Waals surface area contributed by atoms with Crippen molar-refractivity contribution in [2.24, 2.45) is 5.92 Å². The van der Waals surface area contributed by atoms with Gasteiger partial charge in [-0.1, -0.05) is 18.2 Å². The number of quaternary nitrogens is 1. The molecule has 35 heavy (non-hydrogen) atoms. The molecule has 9 heteroatoms. The molecule has 6 bridgehead atoms. The van der Waals surface area contributed by atoms with Gasteiger partial charge in [0.1, 0.15) is 17.2 Å². The highest BCUT2D eigenvalue weighted by Crippen LogP contribution is 2.63. The third-order valence-electron chi connectivity index (χ3n) is 8.57. The van der Waals surface area contributed by atoms with E-state index in [1.54, 1.807) is 27.7 Å². The average molecular weight is 486 g/mol. The summed E-state index contributed by atoms with van der Waals surface area (Å²) in [6, 6.07) is 7.24. The fourth-order valence-corrected chi connectivity index (χ4v) is 7.31. The summed E-state index contributed by atoms with van der Waals surface area (Å²) in [7, 11) is 0. The number of carbonyl (C=O) groups excluding carboxylic acids is 2. The minimum atomic E-state index is -1.98. The molecule has 9 nitrogen and oxygen atoms in total. The molecular formula is C26H33N2O7+. The normalized spacial score (nSPS) is 37.1. The molecule has 0 saturated carbocycles. The van der Waals surface area contributed by atoms with Gasteiger partial charge in [-0.2, -0.15) is 0 Å². The van der Waals surface area contributed by atoms with Crippen molar-refractivity contribution in [3.63, 3.8) is 0 Å². The van der Waals surface area contributed by atoms with Crippen molar-refractivity contribution < 1.29 is 38.9 Å². The van der Waals surface area contributed by atoms with Crippen LogP contribution in [0.5, 0.6) is 0 Å². The minimum absolute atomic E-state index is 0.0846. The van der Waals surface area contributed by atoms with Crippen molar-refractivity contribution in [3.05, 3.63) is 35.5 Å². The zero-order chi connectivity index (χ0) is 25.0. The van der Waals surface area contributed by atoms with Gasteiger partial charge in [-0.3, -0.25) is 4.79 Å². The first-order valence-electron chi connectivity index (χ1n) is 12.5. The Hall–Kier alpha value is -2.46. The van der Waals surface area contributed by atoms with Crippen molar-refractivity contribution in [1.82, 2.24) is 4.57 Å². The first-order valence-corrected chi connectivity index (χ1v) is 12.5. The summed E-state index contributed by atoms with van der Waals surface area (Å²) in [5.74, 6) is -3.09. The molecule has 1 aromatic carbocycles. The second kappa shape index (κ2) is 7.06. The number of ether oxygens (including phenoxy) is 3. The lowest BCUT2D eigenvalue weighted by Gasteiger charge is -2.44. The lowest BCUT2D eigenvalue weighted by molar-refractivity contribution is -0.920. The van der Waals surface area contributed by atoms with Crippen LogP contribution in [0.15, 0.2) is 24.3 Å². The van der Waals surface area contributed by atoms with E-state index >= 15 is 0 Å². The van der Waals surface area contributed by atoms with E-state index in [2.05, 4.69) is 0 Å². The molecule has 4 heterocycles. The molecule has 1 aliphatic carbocycles. The lowest BCUT2D eigenvalue weighted by atomic mass is 9.64. The molecule has 3 fully saturated rings. The fourth-order valence-electron chi connectivity index (χ4n) is 7.31. The largest absolute Gasteiger partial charge is 0.465 e. The van der Waals surface area contributed by atoms with Crippen LogP contribution in [0.2, 0.25) is 0 Å². The number of fused-ring (bicyclic) bond motifs is 4. The van der Waals surface area contributed by atoms with E-state index in [0.717, 1.165) is 17.5 Å². The monoisotopic (exact) mass is 485 g/mol. The number of hydrogen-bond donors (Lipinski definition) is 3. The summed E-state index contributed by atoms with van der Waals surface area (Å²) < 4.78 is 18.9. The number of rotatable bonds is 2. The van der Waals surface area contributed by atoms with Gasteiger partial charge in [-0.15, -0.1) is 0 Å². The molecule has 0 amide bonds. The Labute approximate surface area is 203 Å². The molecule has 2 aromatic rings. The third kappa shape index (κ3) is 2.62. The van der Waals surface area contributed by atoms with Crippen LogP contribution >= 0.6 is 0 Å². The van der Waals surface area contributed by atoms with E-state index in [0.29, 0.717) is 24.2 Å². The molecule has 6 rings (SSSR count). The van der Waals surface area contributed by atoms with E-state index in [1.165, 1.54) is 9.47 Å².